The molecule has 0 saturated heterocycles. The van der Waals surface area contributed by atoms with Crippen LogP contribution in [0.3, 0.4) is 0 Å². The Hall–Kier alpha value is -2.08. The predicted molar refractivity (Wildman–Crippen MR) is 82.2 cm³/mol. The average Bonchev–Trinajstić information content (AvgIpc) is 2.40. The summed E-state index contributed by atoms with van der Waals surface area (Å²) in [5.74, 6) is 0. The van der Waals surface area contributed by atoms with Gasteiger partial charge in [-0.1, -0.05) is 36.4 Å². The lowest BCUT2D eigenvalue weighted by Gasteiger charge is -2.06. The van der Waals surface area contributed by atoms with Crippen molar-refractivity contribution in [3.8, 4) is 0 Å². The van der Waals surface area contributed by atoms with Crippen LogP contribution in [0.25, 0.3) is 21.5 Å². The molecule has 0 saturated carbocycles. The van der Waals surface area contributed by atoms with Crippen molar-refractivity contribution in [2.45, 2.75) is 13.8 Å². The van der Waals surface area contributed by atoms with Crippen LogP contribution < -0.4 is 0 Å². The normalized spacial score (nSPS) is 10.1. The molecule has 0 heterocycles. The zero-order valence-electron chi connectivity index (χ0n) is 11.0. The summed E-state index contributed by atoms with van der Waals surface area (Å²) in [5.41, 5.74) is 2.73. The number of aryl methyl sites for hydroxylation is 2. The second-order valence-electron chi connectivity index (χ2n) is 4.48. The van der Waals surface area contributed by atoms with Crippen LogP contribution in [-0.2, 0) is 0 Å². The van der Waals surface area contributed by atoms with Gasteiger partial charge < -0.3 is 0 Å². The lowest BCUT2D eigenvalue weighted by molar-refractivity contribution is 1.37. The monoisotopic (exact) mass is 234 g/mol. The fourth-order valence-electron chi connectivity index (χ4n) is 2.22. The van der Waals surface area contributed by atoms with E-state index in [1.54, 1.807) is 0 Å². The van der Waals surface area contributed by atoms with Crippen LogP contribution in [0.4, 0.5) is 0 Å². The maximum atomic E-state index is 3.00. The molecular weight excluding hydrogens is 216 g/mol. The van der Waals surface area contributed by atoms with Gasteiger partial charge >= 0.3 is 0 Å². The van der Waals surface area contributed by atoms with Crippen LogP contribution in [0, 0.1) is 13.8 Å². The van der Waals surface area contributed by atoms with Gasteiger partial charge in [-0.25, -0.2) is 0 Å². The van der Waals surface area contributed by atoms with E-state index in [-0.39, 0.29) is 0 Å². The summed E-state index contributed by atoms with van der Waals surface area (Å²) in [7, 11) is 0. The Morgan fingerprint density at radius 2 is 1.00 bits per heavy atom. The van der Waals surface area contributed by atoms with E-state index in [4.69, 9.17) is 0 Å². The van der Waals surface area contributed by atoms with Gasteiger partial charge in [-0.3, -0.25) is 0 Å². The molecule has 3 rings (SSSR count). The second kappa shape index (κ2) is 5.05. The largest absolute Gasteiger partial charge is 0.106 e. The minimum absolute atomic E-state index is 1.32. The number of hydrogen-bond acceptors (Lipinski definition) is 0. The molecule has 18 heavy (non-hydrogen) atoms. The minimum atomic E-state index is 1.32. The summed E-state index contributed by atoms with van der Waals surface area (Å²) in [6.45, 7) is 10.3. The lowest BCUT2D eigenvalue weighted by atomic mass is 9.99. The third-order valence-electron chi connectivity index (χ3n) is 3.32. The summed E-state index contributed by atoms with van der Waals surface area (Å²) >= 11 is 0. The Morgan fingerprint density at radius 1 is 0.611 bits per heavy atom. The molecule has 0 fully saturated rings. The summed E-state index contributed by atoms with van der Waals surface area (Å²) in [4.78, 5) is 0. The summed E-state index contributed by atoms with van der Waals surface area (Å²) < 4.78 is 0. The third kappa shape index (κ3) is 2.14. The van der Waals surface area contributed by atoms with Crippen LogP contribution in [0.5, 0.6) is 0 Å². The van der Waals surface area contributed by atoms with E-state index < -0.39 is 0 Å². The van der Waals surface area contributed by atoms with E-state index in [2.05, 4.69) is 75.5 Å². The molecule has 0 N–H and O–H groups in total. The van der Waals surface area contributed by atoms with Crippen LogP contribution >= 0.6 is 0 Å². The molecule has 0 radical (unpaired) electrons. The first-order chi connectivity index (χ1) is 8.74. The van der Waals surface area contributed by atoms with Gasteiger partial charge in [-0.05, 0) is 58.7 Å². The standard InChI is InChI=1S/C16H14.C2H4/c1-11-7-15-9-13-5-3-4-6-14(13)10-16(15)8-12(11)2;1-2/h3-10H,1-2H3;1-2H2. The molecule has 0 atom stereocenters. The van der Waals surface area contributed by atoms with Crippen molar-refractivity contribution in [3.63, 3.8) is 0 Å². The van der Waals surface area contributed by atoms with Crippen LogP contribution in [0.15, 0.2) is 61.7 Å². The SMILES string of the molecule is C=C.Cc1cc2cc3ccccc3cc2cc1C. The van der Waals surface area contributed by atoms with Crippen molar-refractivity contribution < 1.29 is 0 Å². The van der Waals surface area contributed by atoms with E-state index in [9.17, 15) is 0 Å². The Bertz CT molecular complexity index is 633. The molecule has 0 aromatic heterocycles. The Labute approximate surface area is 109 Å². The molecule has 3 aromatic rings. The fourth-order valence-corrected chi connectivity index (χ4v) is 2.22. The van der Waals surface area contributed by atoms with Gasteiger partial charge in [0, 0.05) is 0 Å². The maximum Gasteiger partial charge on any atom is -0.0175 e. The minimum Gasteiger partial charge on any atom is -0.106 e. The Morgan fingerprint density at radius 3 is 1.39 bits per heavy atom. The quantitative estimate of drug-likeness (QED) is 0.360. The molecule has 0 spiro atoms. The van der Waals surface area contributed by atoms with Crippen LogP contribution in [0.2, 0.25) is 0 Å². The van der Waals surface area contributed by atoms with E-state index in [1.165, 1.54) is 32.7 Å². The van der Waals surface area contributed by atoms with Crippen molar-refractivity contribution in [1.29, 1.82) is 0 Å². The molecule has 0 amide bonds. The number of benzene rings is 3. The zero-order valence-corrected chi connectivity index (χ0v) is 11.0. The molecule has 0 aliphatic heterocycles. The molecule has 90 valence electrons. The summed E-state index contributed by atoms with van der Waals surface area (Å²) in [6.07, 6.45) is 0. The van der Waals surface area contributed by atoms with Gasteiger partial charge in [0.25, 0.3) is 0 Å². The first kappa shape index (κ1) is 12.4. The highest BCUT2D eigenvalue weighted by molar-refractivity contribution is 5.98. The van der Waals surface area contributed by atoms with E-state index >= 15 is 0 Å². The Kier molecular flexibility index (Phi) is 3.47. The van der Waals surface area contributed by atoms with Crippen molar-refractivity contribution in [2.75, 3.05) is 0 Å². The average molecular weight is 234 g/mol. The van der Waals surface area contributed by atoms with Gasteiger partial charge in [0.15, 0.2) is 0 Å². The van der Waals surface area contributed by atoms with Gasteiger partial charge in [-0.15, -0.1) is 13.2 Å². The van der Waals surface area contributed by atoms with E-state index in [0.717, 1.165) is 0 Å². The highest BCUT2D eigenvalue weighted by Gasteiger charge is 2.00. The summed E-state index contributed by atoms with van der Waals surface area (Å²) in [6, 6.07) is 17.6. The molecular formula is C18H18. The molecule has 0 aliphatic rings. The Balaban J connectivity index is 0.000000574. The predicted octanol–water partition coefficient (Wildman–Crippen LogP) is 5.41. The van der Waals surface area contributed by atoms with Crippen molar-refractivity contribution in [2.24, 2.45) is 0 Å². The molecule has 0 bridgehead atoms. The van der Waals surface area contributed by atoms with Gasteiger partial charge in [0.1, 0.15) is 0 Å². The highest BCUT2D eigenvalue weighted by Crippen LogP contribution is 2.25. The maximum absolute atomic E-state index is 3.00. The van der Waals surface area contributed by atoms with Crippen LogP contribution in [-0.4, -0.2) is 0 Å². The van der Waals surface area contributed by atoms with Gasteiger partial charge in [0.05, 0.1) is 0 Å². The third-order valence-corrected chi connectivity index (χ3v) is 3.32. The topological polar surface area (TPSA) is 0 Å². The second-order valence-corrected chi connectivity index (χ2v) is 4.48. The first-order valence-corrected chi connectivity index (χ1v) is 6.14. The zero-order chi connectivity index (χ0) is 13.1. The fraction of sp³-hybridized carbons (Fsp3) is 0.111. The van der Waals surface area contributed by atoms with Crippen LogP contribution in [0.1, 0.15) is 11.1 Å². The molecule has 0 heteroatoms. The molecule has 0 unspecified atom stereocenters. The van der Waals surface area contributed by atoms with Crippen molar-refractivity contribution in [3.05, 3.63) is 72.8 Å². The van der Waals surface area contributed by atoms with Crippen molar-refractivity contribution in [1.82, 2.24) is 0 Å². The first-order valence-electron chi connectivity index (χ1n) is 6.14. The van der Waals surface area contributed by atoms with Gasteiger partial charge in [-0.2, -0.15) is 0 Å². The number of hydrogen-bond donors (Lipinski definition) is 0. The highest BCUT2D eigenvalue weighted by atomic mass is 14.0. The summed E-state index contributed by atoms with van der Waals surface area (Å²) in [5, 5.41) is 5.31. The number of rotatable bonds is 0. The van der Waals surface area contributed by atoms with E-state index in [0.29, 0.717) is 0 Å². The smallest absolute Gasteiger partial charge is 0.0175 e. The molecule has 0 nitrogen and oxygen atoms in total. The number of fused-ring (bicyclic) bond motifs is 2. The lowest BCUT2D eigenvalue weighted by Crippen LogP contribution is -1.82. The molecule has 3 aromatic carbocycles. The molecule has 0 aliphatic carbocycles. The van der Waals surface area contributed by atoms with Crippen molar-refractivity contribution >= 4 is 21.5 Å². The van der Waals surface area contributed by atoms with E-state index in [1.807, 2.05) is 0 Å². The van der Waals surface area contributed by atoms with Gasteiger partial charge in [0.2, 0.25) is 0 Å².